The summed E-state index contributed by atoms with van der Waals surface area (Å²) in [5.74, 6) is 0.231. The topological polar surface area (TPSA) is 64.7 Å². The fourth-order valence-electron chi connectivity index (χ4n) is 2.03. The van der Waals surface area contributed by atoms with Gasteiger partial charge in [0.2, 0.25) is 5.95 Å². The smallest absolute Gasteiger partial charge is 0.221 e. The van der Waals surface area contributed by atoms with Crippen LogP contribution in [0.25, 0.3) is 22.3 Å². The van der Waals surface area contributed by atoms with Crippen LogP contribution in [-0.2, 0) is 0 Å². The predicted molar refractivity (Wildman–Crippen MR) is 76.9 cm³/mol. The lowest BCUT2D eigenvalue weighted by molar-refractivity contribution is 1.21. The van der Waals surface area contributed by atoms with Gasteiger partial charge in [0.15, 0.2) is 0 Å². The van der Waals surface area contributed by atoms with Crippen LogP contribution in [0.15, 0.2) is 36.4 Å². The summed E-state index contributed by atoms with van der Waals surface area (Å²) in [4.78, 5) is 12.8. The number of aromatic nitrogens is 3. The van der Waals surface area contributed by atoms with Crippen molar-refractivity contribution in [1.82, 2.24) is 15.0 Å². The van der Waals surface area contributed by atoms with Gasteiger partial charge in [0.05, 0.1) is 5.52 Å². The Balaban J connectivity index is 2.40. The van der Waals surface area contributed by atoms with Crippen molar-refractivity contribution >= 4 is 28.6 Å². The molecule has 0 bridgehead atoms. The second-order valence-electron chi connectivity index (χ2n) is 4.25. The average Bonchev–Trinajstić information content (AvgIpc) is 2.39. The monoisotopic (exact) mass is 270 g/mol. The van der Waals surface area contributed by atoms with Crippen LogP contribution < -0.4 is 5.73 Å². The maximum absolute atomic E-state index is 5.96. The van der Waals surface area contributed by atoms with Crippen LogP contribution in [0.4, 0.5) is 5.95 Å². The Labute approximate surface area is 115 Å². The molecule has 0 amide bonds. The highest BCUT2D eigenvalue weighted by atomic mass is 35.5. The fraction of sp³-hybridized carbons (Fsp3) is 0.0714. The van der Waals surface area contributed by atoms with Crippen molar-refractivity contribution in [2.75, 3.05) is 5.73 Å². The number of nitrogens with zero attached hydrogens (tertiary/aromatic N) is 3. The number of benzene rings is 1. The number of hydrogen-bond acceptors (Lipinski definition) is 4. The van der Waals surface area contributed by atoms with Gasteiger partial charge in [-0.15, -0.1) is 0 Å². The summed E-state index contributed by atoms with van der Waals surface area (Å²) < 4.78 is 0. The van der Waals surface area contributed by atoms with E-state index in [0.717, 1.165) is 11.1 Å². The van der Waals surface area contributed by atoms with Gasteiger partial charge in [-0.25, -0.2) is 15.0 Å². The highest BCUT2D eigenvalue weighted by Gasteiger charge is 2.12. The molecule has 0 aliphatic rings. The molecular formula is C14H11ClN4. The van der Waals surface area contributed by atoms with Crippen molar-refractivity contribution < 1.29 is 0 Å². The summed E-state index contributed by atoms with van der Waals surface area (Å²) in [7, 11) is 0. The normalized spacial score (nSPS) is 10.8. The van der Waals surface area contributed by atoms with Crippen molar-refractivity contribution in [3.63, 3.8) is 0 Å². The van der Waals surface area contributed by atoms with Crippen LogP contribution in [0, 0.1) is 6.92 Å². The lowest BCUT2D eigenvalue weighted by Gasteiger charge is -2.08. The molecule has 0 fully saturated rings. The van der Waals surface area contributed by atoms with Gasteiger partial charge < -0.3 is 5.73 Å². The van der Waals surface area contributed by atoms with Crippen LogP contribution in [0.2, 0.25) is 5.15 Å². The highest BCUT2D eigenvalue weighted by Crippen LogP contribution is 2.28. The molecule has 0 spiro atoms. The lowest BCUT2D eigenvalue weighted by Crippen LogP contribution is -2.00. The van der Waals surface area contributed by atoms with Gasteiger partial charge in [-0.1, -0.05) is 35.9 Å². The average molecular weight is 271 g/mol. The Morgan fingerprint density at radius 2 is 1.79 bits per heavy atom. The third-order valence-corrected chi connectivity index (χ3v) is 3.14. The number of anilines is 1. The maximum atomic E-state index is 5.96. The Morgan fingerprint density at radius 1 is 1.00 bits per heavy atom. The highest BCUT2D eigenvalue weighted by molar-refractivity contribution is 6.29. The van der Waals surface area contributed by atoms with Crippen LogP contribution in [0.3, 0.4) is 0 Å². The van der Waals surface area contributed by atoms with Gasteiger partial charge >= 0.3 is 0 Å². The van der Waals surface area contributed by atoms with Crippen LogP contribution in [0.5, 0.6) is 0 Å². The number of fused-ring (bicyclic) bond motifs is 1. The zero-order valence-corrected chi connectivity index (χ0v) is 11.0. The summed E-state index contributed by atoms with van der Waals surface area (Å²) in [5.41, 5.74) is 9.91. The van der Waals surface area contributed by atoms with E-state index in [1.54, 1.807) is 12.1 Å². The Morgan fingerprint density at radius 3 is 2.58 bits per heavy atom. The molecule has 0 aliphatic heterocycles. The number of nitrogen functional groups attached to an aromatic ring is 1. The minimum absolute atomic E-state index is 0.231. The van der Waals surface area contributed by atoms with E-state index in [0.29, 0.717) is 21.9 Å². The Kier molecular flexibility index (Phi) is 2.80. The molecular weight excluding hydrogens is 260 g/mol. The Bertz CT molecular complexity index is 770. The van der Waals surface area contributed by atoms with Crippen LogP contribution in [0.1, 0.15) is 5.56 Å². The second-order valence-corrected chi connectivity index (χ2v) is 4.63. The van der Waals surface area contributed by atoms with Gasteiger partial charge in [-0.2, -0.15) is 0 Å². The molecule has 0 saturated heterocycles. The van der Waals surface area contributed by atoms with Gasteiger partial charge in [-0.05, 0) is 24.6 Å². The minimum atomic E-state index is 0.231. The quantitative estimate of drug-likeness (QED) is 0.690. The number of rotatable bonds is 1. The summed E-state index contributed by atoms with van der Waals surface area (Å²) in [6.07, 6.45) is 0. The molecule has 5 heteroatoms. The van der Waals surface area contributed by atoms with E-state index in [9.17, 15) is 0 Å². The van der Waals surface area contributed by atoms with Crippen molar-refractivity contribution in [3.05, 3.63) is 47.1 Å². The van der Waals surface area contributed by atoms with Crippen molar-refractivity contribution in [1.29, 1.82) is 0 Å². The maximum Gasteiger partial charge on any atom is 0.221 e. The molecule has 2 aromatic heterocycles. The third kappa shape index (κ3) is 2.11. The standard InChI is InChI=1S/C14H11ClN4/c1-8-4-2-3-5-9(8)12-13-10(17-14(16)19-12)6-7-11(15)18-13/h2-7H,1H3,(H2,16,17,19). The fourth-order valence-corrected chi connectivity index (χ4v) is 2.18. The van der Waals surface area contributed by atoms with E-state index >= 15 is 0 Å². The van der Waals surface area contributed by atoms with E-state index in [4.69, 9.17) is 17.3 Å². The predicted octanol–water partition coefficient (Wildman–Crippen LogP) is 3.24. The first-order valence-electron chi connectivity index (χ1n) is 5.81. The van der Waals surface area contributed by atoms with Gasteiger partial charge in [0, 0.05) is 5.56 Å². The van der Waals surface area contributed by atoms with E-state index in [2.05, 4.69) is 15.0 Å². The molecule has 3 aromatic rings. The number of pyridine rings is 1. The minimum Gasteiger partial charge on any atom is -0.368 e. The van der Waals surface area contributed by atoms with E-state index in [1.807, 2.05) is 31.2 Å². The largest absolute Gasteiger partial charge is 0.368 e. The van der Waals surface area contributed by atoms with Gasteiger partial charge in [0.1, 0.15) is 16.4 Å². The summed E-state index contributed by atoms with van der Waals surface area (Å²) in [6.45, 7) is 2.02. The van der Waals surface area contributed by atoms with Gasteiger partial charge in [0.25, 0.3) is 0 Å². The molecule has 2 heterocycles. The molecule has 19 heavy (non-hydrogen) atoms. The Hall–Kier alpha value is -2.20. The first kappa shape index (κ1) is 11.9. The van der Waals surface area contributed by atoms with Crippen molar-refractivity contribution in [3.8, 4) is 11.3 Å². The molecule has 1 aromatic carbocycles. The third-order valence-electron chi connectivity index (χ3n) is 2.93. The molecule has 4 nitrogen and oxygen atoms in total. The number of hydrogen-bond donors (Lipinski definition) is 1. The number of aryl methyl sites for hydroxylation is 1. The number of halogens is 1. The van der Waals surface area contributed by atoms with Crippen LogP contribution in [-0.4, -0.2) is 15.0 Å². The lowest BCUT2D eigenvalue weighted by atomic mass is 10.0. The molecule has 0 radical (unpaired) electrons. The summed E-state index contributed by atoms with van der Waals surface area (Å²) in [6, 6.07) is 11.4. The first-order valence-corrected chi connectivity index (χ1v) is 6.19. The zero-order valence-electron chi connectivity index (χ0n) is 10.3. The first-order chi connectivity index (χ1) is 9.15. The second kappa shape index (κ2) is 4.48. The van der Waals surface area contributed by atoms with E-state index in [1.165, 1.54) is 0 Å². The summed E-state index contributed by atoms with van der Waals surface area (Å²) in [5, 5.41) is 0.413. The molecule has 0 aliphatic carbocycles. The van der Waals surface area contributed by atoms with E-state index in [-0.39, 0.29) is 5.95 Å². The SMILES string of the molecule is Cc1ccccc1-c1nc(N)nc2ccc(Cl)nc12. The van der Waals surface area contributed by atoms with E-state index < -0.39 is 0 Å². The number of nitrogens with two attached hydrogens (primary N) is 1. The molecule has 0 atom stereocenters. The van der Waals surface area contributed by atoms with Crippen LogP contribution >= 0.6 is 11.6 Å². The van der Waals surface area contributed by atoms with Crippen molar-refractivity contribution in [2.45, 2.75) is 6.92 Å². The van der Waals surface area contributed by atoms with Gasteiger partial charge in [-0.3, -0.25) is 0 Å². The summed E-state index contributed by atoms with van der Waals surface area (Å²) >= 11 is 5.96. The molecule has 0 saturated carbocycles. The molecule has 3 rings (SSSR count). The zero-order chi connectivity index (χ0) is 13.4. The van der Waals surface area contributed by atoms with Crippen molar-refractivity contribution in [2.24, 2.45) is 0 Å². The molecule has 0 unspecified atom stereocenters. The molecule has 94 valence electrons. The molecule has 2 N–H and O–H groups in total.